The second kappa shape index (κ2) is 6.14. The molecule has 0 aliphatic rings. The largest absolute Gasteiger partial charge is 0.491 e. The van der Waals surface area contributed by atoms with Crippen molar-refractivity contribution in [3.8, 4) is 5.75 Å². The van der Waals surface area contributed by atoms with Gasteiger partial charge in [-0.3, -0.25) is 4.79 Å². The zero-order valence-corrected chi connectivity index (χ0v) is 11.6. The third-order valence-corrected chi connectivity index (χ3v) is 2.85. The highest BCUT2D eigenvalue weighted by Gasteiger charge is 2.11. The van der Waals surface area contributed by atoms with Crippen molar-refractivity contribution >= 4 is 11.6 Å². The van der Waals surface area contributed by atoms with Crippen LogP contribution in [0.3, 0.4) is 0 Å². The van der Waals surface area contributed by atoms with E-state index in [2.05, 4.69) is 10.3 Å². The van der Waals surface area contributed by atoms with Crippen LogP contribution in [-0.2, 0) is 0 Å². The van der Waals surface area contributed by atoms with E-state index in [1.807, 2.05) is 38.1 Å². The first-order valence-corrected chi connectivity index (χ1v) is 6.49. The molecule has 0 fully saturated rings. The first kappa shape index (κ1) is 14.0. The van der Waals surface area contributed by atoms with Gasteiger partial charge < -0.3 is 20.8 Å². The van der Waals surface area contributed by atoms with Gasteiger partial charge in [0.2, 0.25) is 0 Å². The van der Waals surface area contributed by atoms with Crippen LogP contribution in [0.1, 0.15) is 23.0 Å². The van der Waals surface area contributed by atoms with E-state index in [0.717, 1.165) is 5.75 Å². The monoisotopic (exact) mass is 273 g/mol. The maximum atomic E-state index is 11.9. The summed E-state index contributed by atoms with van der Waals surface area (Å²) in [5, 5.41) is 2.84. The molecule has 2 rings (SSSR count). The molecule has 20 heavy (non-hydrogen) atoms. The highest BCUT2D eigenvalue weighted by atomic mass is 16.5. The molecule has 0 spiro atoms. The molecule has 1 heterocycles. The molecule has 1 atom stereocenters. The van der Waals surface area contributed by atoms with E-state index < -0.39 is 0 Å². The molecule has 0 saturated carbocycles. The number of ether oxygens (including phenoxy) is 1. The van der Waals surface area contributed by atoms with Crippen molar-refractivity contribution in [2.45, 2.75) is 19.9 Å². The Bertz CT molecular complexity index is 575. The van der Waals surface area contributed by atoms with Crippen LogP contribution in [0.25, 0.3) is 0 Å². The second-order valence-electron chi connectivity index (χ2n) is 4.85. The molecule has 1 aromatic carbocycles. The fraction of sp³-hybridized carbons (Fsp3) is 0.267. The molecule has 0 aliphatic carbocycles. The lowest BCUT2D eigenvalue weighted by Crippen LogP contribution is -2.36. The van der Waals surface area contributed by atoms with Gasteiger partial charge in [-0.1, -0.05) is 17.7 Å². The Hall–Kier alpha value is -2.43. The lowest BCUT2D eigenvalue weighted by Gasteiger charge is -2.14. The highest BCUT2D eigenvalue weighted by molar-refractivity contribution is 5.93. The summed E-state index contributed by atoms with van der Waals surface area (Å²) in [7, 11) is 0. The number of anilines is 1. The van der Waals surface area contributed by atoms with Gasteiger partial charge in [-0.2, -0.15) is 0 Å². The molecule has 1 amide bonds. The van der Waals surface area contributed by atoms with E-state index in [9.17, 15) is 4.79 Å². The van der Waals surface area contributed by atoms with Crippen molar-refractivity contribution in [2.75, 3.05) is 12.3 Å². The van der Waals surface area contributed by atoms with E-state index in [-0.39, 0.29) is 11.9 Å². The minimum absolute atomic E-state index is 0.103. The summed E-state index contributed by atoms with van der Waals surface area (Å²) in [6.07, 6.45) is 1.59. The zero-order chi connectivity index (χ0) is 14.5. The van der Waals surface area contributed by atoms with Crippen LogP contribution < -0.4 is 15.8 Å². The molecule has 106 valence electrons. The number of hydrogen-bond donors (Lipinski definition) is 3. The van der Waals surface area contributed by atoms with Gasteiger partial charge in [0.05, 0.1) is 6.04 Å². The average molecular weight is 273 g/mol. The minimum atomic E-state index is -0.193. The van der Waals surface area contributed by atoms with Gasteiger partial charge in [0.25, 0.3) is 5.91 Å². The lowest BCUT2D eigenvalue weighted by molar-refractivity contribution is 0.0922. The third kappa shape index (κ3) is 3.78. The lowest BCUT2D eigenvalue weighted by atomic mass is 10.2. The fourth-order valence-electron chi connectivity index (χ4n) is 1.74. The fourth-order valence-corrected chi connectivity index (χ4v) is 1.74. The predicted molar refractivity (Wildman–Crippen MR) is 78.8 cm³/mol. The number of hydrogen-bond acceptors (Lipinski definition) is 3. The number of carbonyl (C=O) groups is 1. The quantitative estimate of drug-likeness (QED) is 0.780. The minimum Gasteiger partial charge on any atom is -0.491 e. The molecule has 5 heteroatoms. The molecule has 0 radical (unpaired) electrons. The number of amides is 1. The first-order chi connectivity index (χ1) is 9.54. The number of benzene rings is 1. The smallest absolute Gasteiger partial charge is 0.268 e. The Morgan fingerprint density at radius 1 is 1.40 bits per heavy atom. The molecular formula is C15H19N3O2. The summed E-state index contributed by atoms with van der Waals surface area (Å²) in [6, 6.07) is 9.29. The van der Waals surface area contributed by atoms with Gasteiger partial charge in [-0.15, -0.1) is 0 Å². The number of aromatic nitrogens is 1. The Labute approximate surface area is 118 Å². The van der Waals surface area contributed by atoms with E-state index in [1.165, 1.54) is 5.56 Å². The second-order valence-corrected chi connectivity index (χ2v) is 4.85. The van der Waals surface area contributed by atoms with Gasteiger partial charge in [0.15, 0.2) is 0 Å². The molecule has 1 aromatic heterocycles. The van der Waals surface area contributed by atoms with Gasteiger partial charge in [0.1, 0.15) is 18.1 Å². The zero-order valence-electron chi connectivity index (χ0n) is 11.6. The third-order valence-electron chi connectivity index (χ3n) is 2.85. The van der Waals surface area contributed by atoms with Gasteiger partial charge in [-0.05, 0) is 32.0 Å². The Balaban J connectivity index is 1.82. The number of carbonyl (C=O) groups excluding carboxylic acids is 1. The van der Waals surface area contributed by atoms with Crippen molar-refractivity contribution in [3.63, 3.8) is 0 Å². The molecule has 0 saturated heterocycles. The van der Waals surface area contributed by atoms with Gasteiger partial charge >= 0.3 is 0 Å². The molecule has 2 aromatic rings. The van der Waals surface area contributed by atoms with Crippen LogP contribution in [0.2, 0.25) is 0 Å². The summed E-state index contributed by atoms with van der Waals surface area (Å²) in [5.74, 6) is 0.600. The Morgan fingerprint density at radius 2 is 2.10 bits per heavy atom. The van der Waals surface area contributed by atoms with Crippen LogP contribution in [0.15, 0.2) is 36.5 Å². The summed E-state index contributed by atoms with van der Waals surface area (Å²) >= 11 is 0. The number of nitrogen functional groups attached to an aromatic ring is 1. The number of aryl methyl sites for hydroxylation is 1. The number of nitrogens with two attached hydrogens (primary N) is 1. The number of aromatic amines is 1. The SMILES string of the molecule is Cc1ccc(OCC(C)NC(=O)c2cc(N)c[nH]2)cc1. The van der Waals surface area contributed by atoms with Crippen LogP contribution >= 0.6 is 0 Å². The van der Waals surface area contributed by atoms with Crippen LogP contribution in [0.4, 0.5) is 5.69 Å². The van der Waals surface area contributed by atoms with Crippen LogP contribution in [0, 0.1) is 6.92 Å². The maximum absolute atomic E-state index is 11.9. The van der Waals surface area contributed by atoms with E-state index in [1.54, 1.807) is 12.3 Å². The summed E-state index contributed by atoms with van der Waals surface area (Å²) in [4.78, 5) is 14.7. The van der Waals surface area contributed by atoms with Crippen molar-refractivity contribution in [1.82, 2.24) is 10.3 Å². The van der Waals surface area contributed by atoms with Crippen molar-refractivity contribution in [3.05, 3.63) is 47.8 Å². The molecule has 0 bridgehead atoms. The Morgan fingerprint density at radius 3 is 2.70 bits per heavy atom. The summed E-state index contributed by atoms with van der Waals surface area (Å²) < 4.78 is 5.62. The van der Waals surface area contributed by atoms with Gasteiger partial charge in [0, 0.05) is 11.9 Å². The number of rotatable bonds is 5. The molecule has 5 nitrogen and oxygen atoms in total. The van der Waals surface area contributed by atoms with E-state index >= 15 is 0 Å². The molecular weight excluding hydrogens is 254 g/mol. The standard InChI is InChI=1S/C15H19N3O2/c1-10-3-5-13(6-4-10)20-9-11(2)18-15(19)14-7-12(16)8-17-14/h3-8,11,17H,9,16H2,1-2H3,(H,18,19). The summed E-state index contributed by atoms with van der Waals surface area (Å²) in [5.41, 5.74) is 7.73. The molecule has 0 aliphatic heterocycles. The first-order valence-electron chi connectivity index (χ1n) is 6.49. The normalized spacial score (nSPS) is 11.9. The van der Waals surface area contributed by atoms with Crippen molar-refractivity contribution in [1.29, 1.82) is 0 Å². The van der Waals surface area contributed by atoms with E-state index in [4.69, 9.17) is 10.5 Å². The van der Waals surface area contributed by atoms with Crippen molar-refractivity contribution < 1.29 is 9.53 Å². The number of nitrogens with one attached hydrogen (secondary N) is 2. The average Bonchev–Trinajstić information content (AvgIpc) is 2.85. The maximum Gasteiger partial charge on any atom is 0.268 e. The summed E-state index contributed by atoms with van der Waals surface area (Å²) in [6.45, 7) is 4.32. The highest BCUT2D eigenvalue weighted by Crippen LogP contribution is 2.11. The topological polar surface area (TPSA) is 80.1 Å². The van der Waals surface area contributed by atoms with Gasteiger partial charge in [-0.25, -0.2) is 0 Å². The Kier molecular flexibility index (Phi) is 4.30. The van der Waals surface area contributed by atoms with Crippen LogP contribution in [-0.4, -0.2) is 23.5 Å². The predicted octanol–water partition coefficient (Wildman–Crippen LogP) is 2.10. The van der Waals surface area contributed by atoms with Crippen LogP contribution in [0.5, 0.6) is 5.75 Å². The molecule has 1 unspecified atom stereocenters. The number of H-pyrrole nitrogens is 1. The van der Waals surface area contributed by atoms with Crippen molar-refractivity contribution in [2.24, 2.45) is 0 Å². The van der Waals surface area contributed by atoms with E-state index in [0.29, 0.717) is 18.0 Å². The molecule has 4 N–H and O–H groups in total.